The number of anilines is 1. The summed E-state index contributed by atoms with van der Waals surface area (Å²) < 4.78 is 0. The Morgan fingerprint density at radius 3 is 2.67 bits per heavy atom. The van der Waals surface area contributed by atoms with Crippen molar-refractivity contribution in [1.82, 2.24) is 15.3 Å². The van der Waals surface area contributed by atoms with Gasteiger partial charge in [-0.3, -0.25) is 4.79 Å². The number of nitrogens with two attached hydrogens (primary N) is 1. The maximum absolute atomic E-state index is 12.4. The highest BCUT2D eigenvalue weighted by atomic mass is 35.5. The van der Waals surface area contributed by atoms with Crippen LogP contribution in [0.4, 0.5) is 5.82 Å². The molecule has 1 aliphatic carbocycles. The van der Waals surface area contributed by atoms with Gasteiger partial charge in [0.05, 0.1) is 5.39 Å². The number of aromatic nitrogens is 2. The molecule has 6 nitrogen and oxygen atoms in total. The standard InChI is InChI=1S/C19H27N5OS.ClH/c1-11-12(2)26-19-16(11)17(22-10-23-19)24-7-5-14(6-8-24)18(25)21-9-15(20)13-3-4-13;/h10,13-15H,3-9,20H2,1-2H3,(H,21,25);1H. The van der Waals surface area contributed by atoms with Crippen LogP contribution in [0.2, 0.25) is 0 Å². The van der Waals surface area contributed by atoms with E-state index in [1.54, 1.807) is 17.7 Å². The first-order chi connectivity index (χ1) is 12.5. The van der Waals surface area contributed by atoms with Crippen LogP contribution in [0, 0.1) is 25.7 Å². The number of fused-ring (bicyclic) bond motifs is 1. The Bertz CT molecular complexity index is 814. The predicted molar refractivity (Wildman–Crippen MR) is 113 cm³/mol. The number of thiophene rings is 1. The van der Waals surface area contributed by atoms with Crippen LogP contribution < -0.4 is 16.0 Å². The summed E-state index contributed by atoms with van der Waals surface area (Å²) in [5, 5.41) is 4.24. The third-order valence-electron chi connectivity index (χ3n) is 5.85. The van der Waals surface area contributed by atoms with Crippen molar-refractivity contribution in [3.8, 4) is 0 Å². The molecule has 4 rings (SSSR count). The lowest BCUT2D eigenvalue weighted by atomic mass is 9.95. The van der Waals surface area contributed by atoms with Crippen LogP contribution in [0.1, 0.15) is 36.1 Å². The molecule has 1 amide bonds. The number of carbonyl (C=O) groups is 1. The van der Waals surface area contributed by atoms with Crippen molar-refractivity contribution >= 4 is 45.7 Å². The molecule has 1 saturated heterocycles. The van der Waals surface area contributed by atoms with E-state index in [9.17, 15) is 4.79 Å². The number of rotatable bonds is 5. The minimum Gasteiger partial charge on any atom is -0.356 e. The smallest absolute Gasteiger partial charge is 0.223 e. The minimum atomic E-state index is 0. The van der Waals surface area contributed by atoms with Crippen molar-refractivity contribution in [3.63, 3.8) is 0 Å². The number of carbonyl (C=O) groups excluding carboxylic acids is 1. The zero-order valence-corrected chi connectivity index (χ0v) is 17.5. The van der Waals surface area contributed by atoms with Gasteiger partial charge in [-0.2, -0.15) is 0 Å². The van der Waals surface area contributed by atoms with Gasteiger partial charge in [0.25, 0.3) is 0 Å². The van der Waals surface area contributed by atoms with E-state index < -0.39 is 0 Å². The van der Waals surface area contributed by atoms with Gasteiger partial charge < -0.3 is 16.0 Å². The summed E-state index contributed by atoms with van der Waals surface area (Å²) in [6.07, 6.45) is 5.80. The van der Waals surface area contributed by atoms with Gasteiger partial charge in [-0.25, -0.2) is 9.97 Å². The van der Waals surface area contributed by atoms with Crippen LogP contribution in [0.5, 0.6) is 0 Å². The van der Waals surface area contributed by atoms with E-state index in [0.717, 1.165) is 36.6 Å². The molecule has 8 heteroatoms. The van der Waals surface area contributed by atoms with Crippen LogP contribution in [-0.4, -0.2) is 41.6 Å². The number of halogens is 1. The first-order valence-electron chi connectivity index (χ1n) is 9.53. The van der Waals surface area contributed by atoms with Gasteiger partial charge in [0.2, 0.25) is 5.91 Å². The summed E-state index contributed by atoms with van der Waals surface area (Å²) in [5.74, 6) is 1.89. The molecule has 2 fully saturated rings. The van der Waals surface area contributed by atoms with Crippen LogP contribution >= 0.6 is 23.7 Å². The first-order valence-corrected chi connectivity index (χ1v) is 10.3. The number of nitrogens with one attached hydrogen (secondary N) is 1. The van der Waals surface area contributed by atoms with E-state index in [1.807, 2.05) is 0 Å². The lowest BCUT2D eigenvalue weighted by molar-refractivity contribution is -0.125. The van der Waals surface area contributed by atoms with Crippen molar-refractivity contribution in [3.05, 3.63) is 16.8 Å². The van der Waals surface area contributed by atoms with E-state index in [0.29, 0.717) is 12.5 Å². The van der Waals surface area contributed by atoms with Crippen molar-refractivity contribution in [2.75, 3.05) is 24.5 Å². The molecule has 0 spiro atoms. The van der Waals surface area contributed by atoms with E-state index in [2.05, 4.69) is 34.0 Å². The minimum absolute atomic E-state index is 0. The van der Waals surface area contributed by atoms with Gasteiger partial charge in [0.1, 0.15) is 17.0 Å². The Hall–Kier alpha value is -1.44. The first kappa shape index (κ1) is 20.3. The largest absolute Gasteiger partial charge is 0.356 e. The van der Waals surface area contributed by atoms with Crippen molar-refractivity contribution in [2.24, 2.45) is 17.6 Å². The summed E-state index contributed by atoms with van der Waals surface area (Å²) in [5.41, 5.74) is 7.36. The van der Waals surface area contributed by atoms with Gasteiger partial charge in [0, 0.05) is 36.5 Å². The molecule has 0 radical (unpaired) electrons. The van der Waals surface area contributed by atoms with E-state index >= 15 is 0 Å². The molecular weight excluding hydrogens is 382 g/mol. The van der Waals surface area contributed by atoms with Crippen molar-refractivity contribution in [1.29, 1.82) is 0 Å². The molecule has 1 unspecified atom stereocenters. The van der Waals surface area contributed by atoms with Crippen molar-refractivity contribution in [2.45, 2.75) is 45.6 Å². The molecule has 27 heavy (non-hydrogen) atoms. The predicted octanol–water partition coefficient (Wildman–Crippen LogP) is 2.80. The Labute approximate surface area is 170 Å². The summed E-state index contributed by atoms with van der Waals surface area (Å²) >= 11 is 1.73. The molecular formula is C19H28ClN5OS. The molecule has 0 bridgehead atoms. The lowest BCUT2D eigenvalue weighted by Crippen LogP contribution is -2.44. The summed E-state index contributed by atoms with van der Waals surface area (Å²) in [6.45, 7) is 6.60. The van der Waals surface area contributed by atoms with Gasteiger partial charge in [-0.15, -0.1) is 23.7 Å². The van der Waals surface area contributed by atoms with Crippen LogP contribution in [0.15, 0.2) is 6.33 Å². The molecule has 1 aliphatic heterocycles. The second kappa shape index (κ2) is 8.29. The van der Waals surface area contributed by atoms with Gasteiger partial charge in [-0.05, 0) is 51.0 Å². The molecule has 148 valence electrons. The molecule has 1 atom stereocenters. The van der Waals surface area contributed by atoms with Gasteiger partial charge >= 0.3 is 0 Å². The number of hydrogen-bond donors (Lipinski definition) is 2. The maximum Gasteiger partial charge on any atom is 0.223 e. The van der Waals surface area contributed by atoms with Gasteiger partial charge in [0.15, 0.2) is 0 Å². The van der Waals surface area contributed by atoms with Crippen LogP contribution in [0.3, 0.4) is 0 Å². The topological polar surface area (TPSA) is 84.1 Å². The third kappa shape index (κ3) is 4.20. The normalized spacial score (nSPS) is 19.0. The fourth-order valence-corrected chi connectivity index (χ4v) is 4.80. The zero-order valence-electron chi connectivity index (χ0n) is 15.9. The van der Waals surface area contributed by atoms with E-state index in [4.69, 9.17) is 5.73 Å². The van der Waals surface area contributed by atoms with Crippen LogP contribution in [-0.2, 0) is 4.79 Å². The number of amides is 1. The van der Waals surface area contributed by atoms with E-state index in [1.165, 1.54) is 28.7 Å². The number of piperidine rings is 1. The number of nitrogens with zero attached hydrogens (tertiary/aromatic N) is 3. The Balaban J connectivity index is 0.00000210. The molecule has 2 aromatic heterocycles. The second-order valence-electron chi connectivity index (χ2n) is 7.67. The summed E-state index contributed by atoms with van der Waals surface area (Å²) in [7, 11) is 0. The van der Waals surface area contributed by atoms with Gasteiger partial charge in [-0.1, -0.05) is 0 Å². The molecule has 3 heterocycles. The molecule has 3 N–H and O–H groups in total. The molecule has 2 aliphatic rings. The monoisotopic (exact) mass is 409 g/mol. The third-order valence-corrected chi connectivity index (χ3v) is 6.97. The maximum atomic E-state index is 12.4. The fourth-order valence-electron chi connectivity index (χ4n) is 3.81. The average molecular weight is 410 g/mol. The number of hydrogen-bond acceptors (Lipinski definition) is 6. The second-order valence-corrected chi connectivity index (χ2v) is 8.87. The molecule has 0 aromatic carbocycles. The summed E-state index contributed by atoms with van der Waals surface area (Å²) in [6, 6.07) is 0.123. The Morgan fingerprint density at radius 1 is 1.30 bits per heavy atom. The quantitative estimate of drug-likeness (QED) is 0.793. The highest BCUT2D eigenvalue weighted by molar-refractivity contribution is 7.18. The fraction of sp³-hybridized carbons (Fsp3) is 0.632. The highest BCUT2D eigenvalue weighted by Crippen LogP contribution is 2.35. The summed E-state index contributed by atoms with van der Waals surface area (Å²) in [4.78, 5) is 26.1. The highest BCUT2D eigenvalue weighted by Gasteiger charge is 2.30. The molecule has 2 aromatic rings. The van der Waals surface area contributed by atoms with Crippen LogP contribution in [0.25, 0.3) is 10.2 Å². The van der Waals surface area contributed by atoms with E-state index in [-0.39, 0.29) is 30.3 Å². The molecule has 1 saturated carbocycles. The Kier molecular flexibility index (Phi) is 6.23. The SMILES string of the molecule is Cc1sc2ncnc(N3CCC(C(=O)NCC(N)C4CC4)CC3)c2c1C.Cl. The van der Waals surface area contributed by atoms with Crippen molar-refractivity contribution < 1.29 is 4.79 Å². The lowest BCUT2D eigenvalue weighted by Gasteiger charge is -2.32. The Morgan fingerprint density at radius 2 is 2.00 bits per heavy atom. The number of aryl methyl sites for hydroxylation is 2. The zero-order chi connectivity index (χ0) is 18.3. The average Bonchev–Trinajstić information content (AvgIpc) is 3.46.